The highest BCUT2D eigenvalue weighted by atomic mass is 16.3. The fourth-order valence-electron chi connectivity index (χ4n) is 1.90. The lowest BCUT2D eigenvalue weighted by Crippen LogP contribution is -2.29. The van der Waals surface area contributed by atoms with Crippen molar-refractivity contribution < 1.29 is 9.90 Å². The zero-order valence-corrected chi connectivity index (χ0v) is 12.3. The van der Waals surface area contributed by atoms with Gasteiger partial charge in [0.15, 0.2) is 0 Å². The van der Waals surface area contributed by atoms with E-state index in [1.807, 2.05) is 38.1 Å². The van der Waals surface area contributed by atoms with Crippen LogP contribution in [0.25, 0.3) is 0 Å². The Balaban J connectivity index is 1.93. The van der Waals surface area contributed by atoms with Crippen LogP contribution in [0.15, 0.2) is 48.5 Å². The fraction of sp³-hybridized carbons (Fsp3) is 0.235. The van der Waals surface area contributed by atoms with Crippen LogP contribution in [0, 0.1) is 0 Å². The molecule has 0 bridgehead atoms. The van der Waals surface area contributed by atoms with Crippen molar-refractivity contribution in [2.45, 2.75) is 26.4 Å². The predicted octanol–water partition coefficient (Wildman–Crippen LogP) is 3.14. The molecule has 1 amide bonds. The predicted molar refractivity (Wildman–Crippen MR) is 84.5 cm³/mol. The minimum absolute atomic E-state index is 0.0601. The summed E-state index contributed by atoms with van der Waals surface area (Å²) < 4.78 is 0. The Morgan fingerprint density at radius 3 is 2.24 bits per heavy atom. The molecule has 21 heavy (non-hydrogen) atoms. The summed E-state index contributed by atoms with van der Waals surface area (Å²) in [6, 6.07) is 14.6. The van der Waals surface area contributed by atoms with E-state index in [1.165, 1.54) is 0 Å². The van der Waals surface area contributed by atoms with Gasteiger partial charge in [-0.1, -0.05) is 12.1 Å². The number of rotatable bonds is 5. The quantitative estimate of drug-likeness (QED) is 0.790. The monoisotopic (exact) mass is 284 g/mol. The molecule has 110 valence electrons. The van der Waals surface area contributed by atoms with E-state index in [9.17, 15) is 9.90 Å². The molecule has 0 radical (unpaired) electrons. The number of carbonyl (C=O) groups excluding carboxylic acids is 1. The Labute approximate surface area is 124 Å². The van der Waals surface area contributed by atoms with E-state index in [0.29, 0.717) is 12.1 Å². The van der Waals surface area contributed by atoms with Crippen molar-refractivity contribution in [2.24, 2.45) is 0 Å². The van der Waals surface area contributed by atoms with Gasteiger partial charge in [0.1, 0.15) is 5.75 Å². The number of anilines is 1. The average Bonchev–Trinajstić information content (AvgIpc) is 2.46. The van der Waals surface area contributed by atoms with Gasteiger partial charge in [0.05, 0.1) is 0 Å². The second-order valence-corrected chi connectivity index (χ2v) is 5.23. The van der Waals surface area contributed by atoms with E-state index in [2.05, 4.69) is 10.6 Å². The Hall–Kier alpha value is -2.49. The van der Waals surface area contributed by atoms with Crippen molar-refractivity contribution in [3.63, 3.8) is 0 Å². The molecular weight excluding hydrogens is 264 g/mol. The van der Waals surface area contributed by atoms with Gasteiger partial charge >= 0.3 is 0 Å². The van der Waals surface area contributed by atoms with E-state index >= 15 is 0 Å². The Morgan fingerprint density at radius 2 is 1.67 bits per heavy atom. The number of benzene rings is 2. The van der Waals surface area contributed by atoms with Crippen LogP contribution >= 0.6 is 0 Å². The minimum atomic E-state index is -0.0601. The number of phenolic OH excluding ortho intramolecular Hbond substituents is 1. The molecule has 0 saturated heterocycles. The molecule has 2 aromatic carbocycles. The van der Waals surface area contributed by atoms with E-state index in [1.54, 1.807) is 24.3 Å². The van der Waals surface area contributed by atoms with Crippen LogP contribution in [0.4, 0.5) is 5.69 Å². The highest BCUT2D eigenvalue weighted by molar-refractivity contribution is 5.94. The minimum Gasteiger partial charge on any atom is -0.508 e. The lowest BCUT2D eigenvalue weighted by atomic mass is 10.1. The Morgan fingerprint density at radius 1 is 1.05 bits per heavy atom. The molecule has 0 spiro atoms. The van der Waals surface area contributed by atoms with Crippen molar-refractivity contribution in [1.82, 2.24) is 5.32 Å². The number of phenols is 1. The molecule has 0 heterocycles. The Bertz CT molecular complexity index is 589. The molecule has 0 aliphatic rings. The van der Waals surface area contributed by atoms with E-state index < -0.39 is 0 Å². The van der Waals surface area contributed by atoms with Crippen LogP contribution in [0.3, 0.4) is 0 Å². The van der Waals surface area contributed by atoms with Crippen LogP contribution in [0.2, 0.25) is 0 Å². The summed E-state index contributed by atoms with van der Waals surface area (Å²) in [5, 5.41) is 15.4. The highest BCUT2D eigenvalue weighted by Crippen LogP contribution is 2.13. The third kappa shape index (κ3) is 4.53. The maximum Gasteiger partial charge on any atom is 0.251 e. The van der Waals surface area contributed by atoms with Gasteiger partial charge in [0, 0.05) is 23.8 Å². The van der Waals surface area contributed by atoms with Gasteiger partial charge in [0.25, 0.3) is 5.91 Å². The molecule has 4 heteroatoms. The number of hydrogen-bond donors (Lipinski definition) is 3. The molecule has 0 aliphatic heterocycles. The van der Waals surface area contributed by atoms with Crippen LogP contribution in [-0.2, 0) is 6.54 Å². The number of aromatic hydroxyl groups is 1. The summed E-state index contributed by atoms with van der Waals surface area (Å²) in [4.78, 5) is 11.8. The van der Waals surface area contributed by atoms with Gasteiger partial charge in [-0.3, -0.25) is 4.79 Å². The SMILES string of the molecule is CC(C)NC(=O)c1ccc(NCc2ccc(O)cc2)cc1. The molecule has 0 saturated carbocycles. The van der Waals surface area contributed by atoms with E-state index in [-0.39, 0.29) is 17.7 Å². The second kappa shape index (κ2) is 6.79. The molecule has 0 fully saturated rings. The Kier molecular flexibility index (Phi) is 4.82. The first-order valence-corrected chi connectivity index (χ1v) is 6.97. The first-order valence-electron chi connectivity index (χ1n) is 6.97. The molecule has 0 aliphatic carbocycles. The van der Waals surface area contributed by atoms with Crippen molar-refractivity contribution in [2.75, 3.05) is 5.32 Å². The van der Waals surface area contributed by atoms with Crippen LogP contribution < -0.4 is 10.6 Å². The summed E-state index contributed by atoms with van der Waals surface area (Å²) in [5.74, 6) is 0.203. The van der Waals surface area contributed by atoms with Gasteiger partial charge in [-0.25, -0.2) is 0 Å². The first-order chi connectivity index (χ1) is 10.0. The van der Waals surface area contributed by atoms with Crippen molar-refractivity contribution in [1.29, 1.82) is 0 Å². The van der Waals surface area contributed by atoms with Crippen molar-refractivity contribution in [3.8, 4) is 5.75 Å². The molecule has 4 nitrogen and oxygen atoms in total. The zero-order valence-electron chi connectivity index (χ0n) is 12.3. The van der Waals surface area contributed by atoms with Crippen molar-refractivity contribution >= 4 is 11.6 Å². The summed E-state index contributed by atoms with van der Waals surface area (Å²) in [6.07, 6.45) is 0. The molecule has 0 unspecified atom stereocenters. The van der Waals surface area contributed by atoms with Gasteiger partial charge < -0.3 is 15.7 Å². The van der Waals surface area contributed by atoms with Gasteiger partial charge in [-0.05, 0) is 55.8 Å². The highest BCUT2D eigenvalue weighted by Gasteiger charge is 2.06. The van der Waals surface area contributed by atoms with Crippen LogP contribution in [0.1, 0.15) is 29.8 Å². The van der Waals surface area contributed by atoms with Crippen molar-refractivity contribution in [3.05, 3.63) is 59.7 Å². The number of carbonyl (C=O) groups is 1. The van der Waals surface area contributed by atoms with Crippen LogP contribution in [-0.4, -0.2) is 17.1 Å². The summed E-state index contributed by atoms with van der Waals surface area (Å²) in [6.45, 7) is 4.54. The largest absolute Gasteiger partial charge is 0.508 e. The van der Waals surface area contributed by atoms with Gasteiger partial charge in [-0.15, -0.1) is 0 Å². The topological polar surface area (TPSA) is 61.4 Å². The normalized spacial score (nSPS) is 10.4. The zero-order chi connectivity index (χ0) is 15.2. The standard InChI is InChI=1S/C17H20N2O2/c1-12(2)19-17(21)14-5-7-15(8-6-14)18-11-13-3-9-16(20)10-4-13/h3-10,12,18,20H,11H2,1-2H3,(H,19,21). The van der Waals surface area contributed by atoms with Gasteiger partial charge in [-0.2, -0.15) is 0 Å². The molecular formula is C17H20N2O2. The number of amides is 1. The number of hydrogen-bond acceptors (Lipinski definition) is 3. The molecule has 3 N–H and O–H groups in total. The summed E-state index contributed by atoms with van der Waals surface area (Å²) in [7, 11) is 0. The average molecular weight is 284 g/mol. The third-order valence-corrected chi connectivity index (χ3v) is 3.00. The molecule has 0 atom stereocenters. The van der Waals surface area contributed by atoms with E-state index in [4.69, 9.17) is 0 Å². The smallest absolute Gasteiger partial charge is 0.251 e. The first kappa shape index (κ1) is 14.9. The number of nitrogens with one attached hydrogen (secondary N) is 2. The summed E-state index contributed by atoms with van der Waals surface area (Å²) in [5.41, 5.74) is 2.68. The fourth-order valence-corrected chi connectivity index (χ4v) is 1.90. The molecule has 0 aromatic heterocycles. The lowest BCUT2D eigenvalue weighted by molar-refractivity contribution is 0.0943. The maximum atomic E-state index is 11.8. The summed E-state index contributed by atoms with van der Waals surface area (Å²) >= 11 is 0. The van der Waals surface area contributed by atoms with E-state index in [0.717, 1.165) is 11.3 Å². The van der Waals surface area contributed by atoms with Gasteiger partial charge in [0.2, 0.25) is 0 Å². The second-order valence-electron chi connectivity index (χ2n) is 5.23. The maximum absolute atomic E-state index is 11.8. The molecule has 2 rings (SSSR count). The lowest BCUT2D eigenvalue weighted by Gasteiger charge is -2.10. The van der Waals surface area contributed by atoms with Crippen LogP contribution in [0.5, 0.6) is 5.75 Å². The third-order valence-electron chi connectivity index (χ3n) is 3.00. The molecule has 2 aromatic rings.